The summed E-state index contributed by atoms with van der Waals surface area (Å²) in [6, 6.07) is 62.8. The smallest absolute Gasteiger partial charge is 0.0562 e. The molecule has 0 fully saturated rings. The average molecular weight is 651 g/mol. The Morgan fingerprint density at radius 2 is 1.06 bits per heavy atom. The van der Waals surface area contributed by atoms with Crippen molar-refractivity contribution >= 4 is 54.4 Å². The Morgan fingerprint density at radius 3 is 1.96 bits per heavy atom. The second-order valence-corrected chi connectivity index (χ2v) is 14.5. The minimum Gasteiger partial charge on any atom is -0.309 e. The lowest BCUT2D eigenvalue weighted by molar-refractivity contribution is 0.660. The molecule has 2 aromatic heterocycles. The highest BCUT2D eigenvalue weighted by Gasteiger charge is 2.36. The predicted octanol–water partition coefficient (Wildman–Crippen LogP) is 13.0. The van der Waals surface area contributed by atoms with Crippen molar-refractivity contribution < 1.29 is 0 Å². The molecule has 1 aliphatic carbocycles. The summed E-state index contributed by atoms with van der Waals surface area (Å²) in [7, 11) is 0. The van der Waals surface area contributed by atoms with Crippen LogP contribution in [0.3, 0.4) is 0 Å². The number of nitrogens with zero attached hydrogens (tertiary/aromatic N) is 2. The molecule has 51 heavy (non-hydrogen) atoms. The Balaban J connectivity index is 1.22. The summed E-state index contributed by atoms with van der Waals surface area (Å²) in [5, 5.41) is 7.64. The quantitative estimate of drug-likeness (QED) is 0.180. The van der Waals surface area contributed by atoms with Crippen molar-refractivity contribution in [1.82, 2.24) is 9.13 Å². The van der Waals surface area contributed by atoms with E-state index in [4.69, 9.17) is 0 Å². The van der Waals surface area contributed by atoms with E-state index in [1.807, 2.05) is 0 Å². The van der Waals surface area contributed by atoms with Crippen LogP contribution in [0.15, 0.2) is 170 Å². The van der Waals surface area contributed by atoms with Crippen LogP contribution < -0.4 is 0 Å². The van der Waals surface area contributed by atoms with Crippen molar-refractivity contribution in [3.05, 3.63) is 181 Å². The van der Waals surface area contributed by atoms with Crippen LogP contribution in [0.5, 0.6) is 0 Å². The first-order valence-corrected chi connectivity index (χ1v) is 17.9. The van der Waals surface area contributed by atoms with Gasteiger partial charge in [0.05, 0.1) is 22.1 Å². The van der Waals surface area contributed by atoms with E-state index in [0.29, 0.717) is 0 Å². The molecule has 0 atom stereocenters. The minimum absolute atomic E-state index is 0.0414. The molecule has 10 aromatic rings. The SMILES string of the molecule is CC1(C)c2ccccc2-c2c(-c3cccc(-n4c5ccccc5c5cc6c7c8ccccc8ccc7n(-c7ccccc7)c6cc54)c3)cccc21. The summed E-state index contributed by atoms with van der Waals surface area (Å²) in [4.78, 5) is 0. The van der Waals surface area contributed by atoms with E-state index in [2.05, 4.69) is 193 Å². The van der Waals surface area contributed by atoms with Gasteiger partial charge in [0.15, 0.2) is 0 Å². The Kier molecular flexibility index (Phi) is 5.76. The summed E-state index contributed by atoms with van der Waals surface area (Å²) in [5.74, 6) is 0. The van der Waals surface area contributed by atoms with E-state index >= 15 is 0 Å². The standard InChI is InChI=1S/C49H34N2/c1-49(2)41-23-10-8-21-38(41)47-36(22-13-24-42(47)49)32-15-12-18-34(28-32)51-43-25-11-9-20-37(43)39-29-40-46(30-45(39)51)50(33-16-4-3-5-17-33)44-27-26-31-14-6-7-19-35(31)48(40)44/h3-30H,1-2H3. The summed E-state index contributed by atoms with van der Waals surface area (Å²) >= 11 is 0. The molecule has 0 radical (unpaired) electrons. The van der Waals surface area contributed by atoms with Gasteiger partial charge < -0.3 is 9.13 Å². The first kappa shape index (κ1) is 28.5. The highest BCUT2D eigenvalue weighted by Crippen LogP contribution is 2.52. The molecule has 0 N–H and O–H groups in total. The molecule has 1 aliphatic rings. The maximum absolute atomic E-state index is 2.47. The zero-order valence-electron chi connectivity index (χ0n) is 28.6. The normalized spacial score (nSPS) is 13.5. The second kappa shape index (κ2) is 10.3. The highest BCUT2D eigenvalue weighted by molar-refractivity contribution is 6.25. The van der Waals surface area contributed by atoms with Crippen LogP contribution in [0.4, 0.5) is 0 Å². The number of para-hydroxylation sites is 2. The van der Waals surface area contributed by atoms with Crippen molar-refractivity contribution in [3.8, 4) is 33.6 Å². The molecule has 0 unspecified atom stereocenters. The van der Waals surface area contributed by atoms with Gasteiger partial charge in [-0.3, -0.25) is 0 Å². The number of benzene rings is 8. The zero-order valence-corrected chi connectivity index (χ0v) is 28.6. The van der Waals surface area contributed by atoms with Crippen molar-refractivity contribution in [3.63, 3.8) is 0 Å². The van der Waals surface area contributed by atoms with Crippen molar-refractivity contribution in [2.24, 2.45) is 0 Å². The van der Waals surface area contributed by atoms with Gasteiger partial charge in [0, 0.05) is 38.3 Å². The molecule has 0 saturated heterocycles. The van der Waals surface area contributed by atoms with Crippen molar-refractivity contribution in [2.45, 2.75) is 19.3 Å². The van der Waals surface area contributed by atoms with Crippen molar-refractivity contribution in [2.75, 3.05) is 0 Å². The van der Waals surface area contributed by atoms with Gasteiger partial charge in [0.25, 0.3) is 0 Å². The molecule has 240 valence electrons. The lowest BCUT2D eigenvalue weighted by Gasteiger charge is -2.21. The molecule has 2 heterocycles. The van der Waals surface area contributed by atoms with Gasteiger partial charge in [0.2, 0.25) is 0 Å². The molecular weight excluding hydrogens is 617 g/mol. The third-order valence-electron chi connectivity index (χ3n) is 11.5. The van der Waals surface area contributed by atoms with E-state index in [0.717, 1.165) is 11.4 Å². The topological polar surface area (TPSA) is 9.86 Å². The fourth-order valence-electron chi connectivity index (χ4n) is 9.19. The summed E-state index contributed by atoms with van der Waals surface area (Å²) in [6.45, 7) is 4.71. The Hall–Kier alpha value is -6.38. The third kappa shape index (κ3) is 3.88. The van der Waals surface area contributed by atoms with E-state index in [-0.39, 0.29) is 5.41 Å². The van der Waals surface area contributed by atoms with E-state index in [1.165, 1.54) is 87.8 Å². The fourth-order valence-corrected chi connectivity index (χ4v) is 9.19. The molecular formula is C49H34N2. The predicted molar refractivity (Wildman–Crippen MR) is 216 cm³/mol. The number of aromatic nitrogens is 2. The van der Waals surface area contributed by atoms with Crippen molar-refractivity contribution in [1.29, 1.82) is 0 Å². The van der Waals surface area contributed by atoms with Crippen LogP contribution in [0.2, 0.25) is 0 Å². The van der Waals surface area contributed by atoms with Gasteiger partial charge in [-0.15, -0.1) is 0 Å². The molecule has 0 amide bonds. The number of hydrogen-bond donors (Lipinski definition) is 0. The average Bonchev–Trinajstić information content (AvgIpc) is 3.77. The molecule has 11 rings (SSSR count). The van der Waals surface area contributed by atoms with Gasteiger partial charge in [-0.05, 0) is 92.7 Å². The second-order valence-electron chi connectivity index (χ2n) is 14.5. The molecule has 0 saturated carbocycles. The van der Waals surface area contributed by atoms with Gasteiger partial charge in [-0.25, -0.2) is 0 Å². The Morgan fingerprint density at radius 1 is 0.392 bits per heavy atom. The van der Waals surface area contributed by atoms with E-state index in [9.17, 15) is 0 Å². The highest BCUT2D eigenvalue weighted by atomic mass is 15.0. The van der Waals surface area contributed by atoms with E-state index in [1.54, 1.807) is 0 Å². The summed E-state index contributed by atoms with van der Waals surface area (Å²) < 4.78 is 4.92. The minimum atomic E-state index is -0.0414. The first-order chi connectivity index (χ1) is 25.1. The first-order valence-electron chi connectivity index (χ1n) is 17.9. The summed E-state index contributed by atoms with van der Waals surface area (Å²) in [5.41, 5.74) is 15.1. The van der Waals surface area contributed by atoms with Crippen LogP contribution in [-0.2, 0) is 5.41 Å². The summed E-state index contributed by atoms with van der Waals surface area (Å²) in [6.07, 6.45) is 0. The molecule has 8 aromatic carbocycles. The van der Waals surface area contributed by atoms with Gasteiger partial charge in [-0.2, -0.15) is 0 Å². The maximum Gasteiger partial charge on any atom is 0.0562 e. The lowest BCUT2D eigenvalue weighted by atomic mass is 9.82. The fraction of sp³-hybridized carbons (Fsp3) is 0.0612. The number of hydrogen-bond acceptors (Lipinski definition) is 0. The molecule has 0 aliphatic heterocycles. The largest absolute Gasteiger partial charge is 0.309 e. The molecule has 2 heteroatoms. The maximum atomic E-state index is 2.47. The monoisotopic (exact) mass is 650 g/mol. The molecule has 0 spiro atoms. The zero-order chi connectivity index (χ0) is 33.8. The van der Waals surface area contributed by atoms with Crippen LogP contribution >= 0.6 is 0 Å². The van der Waals surface area contributed by atoms with Crippen LogP contribution in [0.25, 0.3) is 88.0 Å². The number of rotatable bonds is 3. The van der Waals surface area contributed by atoms with Crippen LogP contribution in [-0.4, -0.2) is 9.13 Å². The molecule has 0 bridgehead atoms. The number of fused-ring (bicyclic) bond motifs is 11. The lowest BCUT2D eigenvalue weighted by Crippen LogP contribution is -2.14. The Labute approximate surface area is 296 Å². The van der Waals surface area contributed by atoms with E-state index < -0.39 is 0 Å². The van der Waals surface area contributed by atoms with Gasteiger partial charge >= 0.3 is 0 Å². The van der Waals surface area contributed by atoms with Crippen LogP contribution in [0.1, 0.15) is 25.0 Å². The van der Waals surface area contributed by atoms with Crippen LogP contribution in [0, 0.1) is 0 Å². The van der Waals surface area contributed by atoms with Gasteiger partial charge in [0.1, 0.15) is 0 Å². The third-order valence-corrected chi connectivity index (χ3v) is 11.5. The van der Waals surface area contributed by atoms with Gasteiger partial charge in [-0.1, -0.05) is 135 Å². The molecule has 2 nitrogen and oxygen atoms in total. The Bertz CT molecular complexity index is 3040.